The Balaban J connectivity index is 0.818. The Kier molecular flexibility index (Phi) is 35.3. The smallest absolute Gasteiger partial charge is 0.407 e. The van der Waals surface area contributed by atoms with Crippen molar-refractivity contribution in [2.45, 2.75) is 94.8 Å². The maximum Gasteiger partial charge on any atom is 0.407 e. The zero-order valence-corrected chi connectivity index (χ0v) is 63.4. The number of aliphatic imine (C=N–C) groups is 1. The Morgan fingerprint density at radius 3 is 1.54 bits per heavy atom. The number of aromatic hydroxyl groups is 1. The molecule has 2 fully saturated rings. The van der Waals surface area contributed by atoms with E-state index in [1.54, 1.807) is 33.8 Å². The number of aliphatic carboxylic acids is 3. The molecule has 1 aliphatic carbocycles. The van der Waals surface area contributed by atoms with Crippen LogP contribution in [0.1, 0.15) is 97.9 Å². The molecule has 0 aromatic heterocycles. The van der Waals surface area contributed by atoms with Crippen molar-refractivity contribution in [2.75, 3.05) is 149 Å². The lowest BCUT2D eigenvalue weighted by molar-refractivity contribution is -0.140. The van der Waals surface area contributed by atoms with E-state index in [1.807, 2.05) is 113 Å². The molecule has 112 heavy (non-hydrogen) atoms. The van der Waals surface area contributed by atoms with E-state index >= 15 is 0 Å². The maximum atomic E-state index is 14.6. The molecule has 2 heterocycles. The number of benzene rings is 5. The molecule has 9 amide bonds. The molecule has 0 bridgehead atoms. The van der Waals surface area contributed by atoms with Gasteiger partial charge in [-0.05, 0) is 108 Å². The van der Waals surface area contributed by atoms with E-state index in [4.69, 9.17) is 10.5 Å². The van der Waals surface area contributed by atoms with Gasteiger partial charge in [-0.1, -0.05) is 110 Å². The van der Waals surface area contributed by atoms with Crippen LogP contribution in [0, 0.1) is 0 Å². The number of phenols is 1. The Morgan fingerprint density at radius 2 is 0.964 bits per heavy atom. The van der Waals surface area contributed by atoms with Crippen molar-refractivity contribution in [3.8, 4) is 16.9 Å². The van der Waals surface area contributed by atoms with Crippen molar-refractivity contribution in [2.24, 2.45) is 10.7 Å². The van der Waals surface area contributed by atoms with Crippen LogP contribution in [-0.4, -0.2) is 279 Å². The van der Waals surface area contributed by atoms with Crippen molar-refractivity contribution < 1.29 is 77.9 Å². The lowest BCUT2D eigenvalue weighted by atomic mass is 9.90. The van der Waals surface area contributed by atoms with E-state index in [0.29, 0.717) is 82.4 Å². The molecule has 5 aromatic rings. The van der Waals surface area contributed by atoms with Crippen LogP contribution in [-0.2, 0) is 54.4 Å². The molecule has 3 atom stereocenters. The lowest BCUT2D eigenvalue weighted by Crippen LogP contribution is -2.51. The molecule has 1 unspecified atom stereocenters. The normalized spacial score (nSPS) is 15.7. The highest BCUT2D eigenvalue weighted by Crippen LogP contribution is 2.44. The monoisotopic (exact) mass is 1550 g/mol. The fourth-order valence-corrected chi connectivity index (χ4v) is 13.6. The molecule has 8 rings (SSSR count). The summed E-state index contributed by atoms with van der Waals surface area (Å²) in [5, 5.41) is 67.7. The van der Waals surface area contributed by atoms with Gasteiger partial charge in [-0.25, -0.2) is 9.59 Å². The van der Waals surface area contributed by atoms with Crippen molar-refractivity contribution in [3.05, 3.63) is 155 Å². The van der Waals surface area contributed by atoms with Gasteiger partial charge in [-0.15, -0.1) is 0 Å². The molecule has 604 valence electrons. The van der Waals surface area contributed by atoms with Crippen LogP contribution in [0.2, 0.25) is 0 Å². The average Bonchev–Trinajstić information content (AvgIpc) is 1.61. The number of fused-ring (bicyclic) bond motifs is 3. The average molecular weight is 1550 g/mol. The van der Waals surface area contributed by atoms with Gasteiger partial charge < -0.3 is 84.1 Å². The van der Waals surface area contributed by atoms with Gasteiger partial charge in [-0.3, -0.25) is 67.7 Å². The van der Waals surface area contributed by atoms with E-state index in [2.05, 4.69) is 58.2 Å². The first kappa shape index (κ1) is 86.3. The minimum Gasteiger partial charge on any atom is -0.508 e. The van der Waals surface area contributed by atoms with Crippen LogP contribution in [0.5, 0.6) is 5.75 Å². The van der Waals surface area contributed by atoms with Gasteiger partial charge in [0.05, 0.1) is 38.6 Å². The van der Waals surface area contributed by atoms with E-state index < -0.39 is 65.8 Å². The van der Waals surface area contributed by atoms with Crippen molar-refractivity contribution >= 4 is 77.1 Å². The van der Waals surface area contributed by atoms with E-state index in [0.717, 1.165) is 33.5 Å². The summed E-state index contributed by atoms with van der Waals surface area (Å²) in [5.41, 5.74) is 12.9. The summed E-state index contributed by atoms with van der Waals surface area (Å²) in [6, 6.07) is 35.7. The van der Waals surface area contributed by atoms with Crippen LogP contribution in [0.4, 0.5) is 15.3 Å². The number of carboxylic acid groups (broad SMARTS) is 3. The van der Waals surface area contributed by atoms with Crippen molar-refractivity contribution in [1.29, 1.82) is 0 Å². The summed E-state index contributed by atoms with van der Waals surface area (Å²) in [4.78, 5) is 155. The second kappa shape index (κ2) is 45.8. The minimum atomic E-state index is -1.05. The largest absolute Gasteiger partial charge is 0.508 e. The summed E-state index contributed by atoms with van der Waals surface area (Å²) in [7, 11) is 0. The van der Waals surface area contributed by atoms with Crippen LogP contribution in [0.25, 0.3) is 11.1 Å². The molecule has 0 spiro atoms. The number of guanidine groups is 1. The summed E-state index contributed by atoms with van der Waals surface area (Å²) in [6.45, 7) is 5.69. The number of rotatable bonds is 39. The lowest BCUT2D eigenvalue weighted by Gasteiger charge is -2.34. The first-order chi connectivity index (χ1) is 54.0. The Bertz CT molecular complexity index is 3880. The van der Waals surface area contributed by atoms with Crippen LogP contribution in [0.3, 0.4) is 0 Å². The number of urea groups is 1. The molecule has 3 aliphatic rings. The standard InChI is InChI=1S/C79H107N17O16/c1-2-67(98)83-35-36-86-78(110)91-77(80)85-32-11-19-65(75(108)87-47-54-21-27-59(97)28-22-54)89-76(109)73(55-13-4-3-5-14-55)56-23-25-57(26-24-56)81-33-12-34-84-74(107)66(90-79(111)112-53-64-62-17-8-6-15-60(62)61-16-7-9-18-63(61)64)20-10-31-82-68(99)48-92-37-29-58(30-38-92)88-69(100)49-93-39-41-94(50-70(101)102)43-45-96(52-72(105)106)46-44-95(42-40-93)51-71(103)104/h3-9,13-18,21-28,58,64-66,73,81,97H,2,10-12,19-20,29-53H2,1H3,(H,82,99)(H,83,98)(H,84,107)(H,87,108)(H,88,100)(H,89,109)(H,90,111)(H,101,102)(H,103,104)(H,105,106)(H4,80,85,86,91,110)/t65-,66-,73?/m1/s1. The number of alkyl carbamates (subject to hydrolysis) is 1. The quantitative estimate of drug-likeness (QED) is 0.0152. The number of piperidine rings is 1. The van der Waals surface area contributed by atoms with Gasteiger partial charge in [0.15, 0.2) is 5.96 Å². The highest BCUT2D eigenvalue weighted by molar-refractivity contribution is 5.93. The first-order valence-corrected chi connectivity index (χ1v) is 38.2. The topological polar surface area (TPSA) is 453 Å². The summed E-state index contributed by atoms with van der Waals surface area (Å²) >= 11 is 0. The third-order valence-electron chi connectivity index (χ3n) is 19.5. The molecule has 5 aromatic carbocycles. The van der Waals surface area contributed by atoms with Crippen molar-refractivity contribution in [1.82, 2.24) is 72.4 Å². The number of amides is 9. The minimum absolute atomic E-state index is 0.0192. The zero-order valence-electron chi connectivity index (χ0n) is 63.4. The molecule has 2 aliphatic heterocycles. The SMILES string of the molecule is CCC(=O)NCCNC(=O)/N=C(/N)NCCC[C@@H](NC(=O)C(c1ccccc1)c1ccc(NCCCNC(=O)[C@@H](CCCNC(=O)CN2CCC(NC(=O)CN3CCN(CC(=O)O)CCN(CC(=O)O)CCN(CC(=O)O)CC3)CC2)NC(=O)OCC2c3ccccc3-c3ccccc32)cc1)C(=O)NCc1ccc(O)cc1. The molecule has 16 N–H and O–H groups in total. The molecular formula is C79H107N17O16. The summed E-state index contributed by atoms with van der Waals surface area (Å²) in [6.07, 6.45) is 2.08. The predicted octanol–water partition coefficient (Wildman–Crippen LogP) is 2.02. The fourth-order valence-electron chi connectivity index (χ4n) is 13.6. The van der Waals surface area contributed by atoms with Gasteiger partial charge in [0.25, 0.3) is 0 Å². The molecule has 33 heteroatoms. The van der Waals surface area contributed by atoms with Crippen LogP contribution in [0.15, 0.2) is 132 Å². The van der Waals surface area contributed by atoms with Crippen molar-refractivity contribution in [3.63, 3.8) is 0 Å². The van der Waals surface area contributed by atoms with Gasteiger partial charge in [-0.2, -0.15) is 4.99 Å². The van der Waals surface area contributed by atoms with E-state index in [9.17, 15) is 73.2 Å². The Labute approximate surface area is 651 Å². The van der Waals surface area contributed by atoms with Gasteiger partial charge >= 0.3 is 30.0 Å². The molecule has 2 saturated heterocycles. The van der Waals surface area contributed by atoms with E-state index in [1.165, 1.54) is 12.1 Å². The zero-order chi connectivity index (χ0) is 80.2. The highest BCUT2D eigenvalue weighted by Gasteiger charge is 2.33. The molecule has 33 nitrogen and oxygen atoms in total. The number of nitrogens with two attached hydrogens (primary N) is 1. The second-order valence-corrected chi connectivity index (χ2v) is 27.9. The van der Waals surface area contributed by atoms with Gasteiger partial charge in [0, 0.05) is 135 Å². The number of carboxylic acids is 3. The number of nitrogens with one attached hydrogen (secondary N) is 10. The number of carbonyl (C=O) groups excluding carboxylic acids is 8. The Hall–Kier alpha value is -11.3. The van der Waals surface area contributed by atoms with E-state index in [-0.39, 0.29) is 172 Å². The molecule has 0 saturated carbocycles. The first-order valence-electron chi connectivity index (χ1n) is 38.2. The summed E-state index contributed by atoms with van der Waals surface area (Å²) in [5.74, 6) is -6.31. The number of hydrogen-bond donors (Lipinski definition) is 15. The molecule has 0 radical (unpaired) electrons. The van der Waals surface area contributed by atoms with Gasteiger partial charge in [0.2, 0.25) is 35.4 Å². The fraction of sp³-hybridized carbons (Fsp3) is 0.468. The highest BCUT2D eigenvalue weighted by atomic mass is 16.5. The third kappa shape index (κ3) is 29.9. The third-order valence-corrected chi connectivity index (χ3v) is 19.5. The molecular weight excluding hydrogens is 1440 g/mol. The maximum absolute atomic E-state index is 14.6. The number of likely N-dealkylation sites (tertiary alicyclic amines) is 1. The number of hydrogen-bond acceptors (Lipinski definition) is 19. The van der Waals surface area contributed by atoms with Crippen LogP contribution >= 0.6 is 0 Å². The number of ether oxygens (including phenoxy) is 1. The number of carbonyl (C=O) groups is 11. The Morgan fingerprint density at radius 1 is 0.482 bits per heavy atom. The van der Waals surface area contributed by atoms with Gasteiger partial charge in [0.1, 0.15) is 24.4 Å². The second-order valence-electron chi connectivity index (χ2n) is 27.9. The van der Waals surface area contributed by atoms with Crippen LogP contribution < -0.4 is 58.9 Å². The number of nitrogens with zero attached hydrogens (tertiary/aromatic N) is 6. The summed E-state index contributed by atoms with van der Waals surface area (Å²) < 4.78 is 5.87. The predicted molar refractivity (Wildman–Crippen MR) is 419 cm³/mol. The number of anilines is 1. The number of phenolic OH excluding ortho intramolecular Hbond substituents is 1.